The summed E-state index contributed by atoms with van der Waals surface area (Å²) in [5, 5.41) is 3.89. The third-order valence-corrected chi connectivity index (χ3v) is 3.01. The maximum absolute atomic E-state index is 6.03. The standard InChI is InChI=1S/C12H16ClNO2/c1-15-12-10(13)3-2-4-11(12)16-9-5-7-14-8-6-9/h2-4,9,14H,5-8H2,1H3. The van der Waals surface area contributed by atoms with Crippen LogP contribution in [0.15, 0.2) is 18.2 Å². The molecule has 0 bridgehead atoms. The van der Waals surface area contributed by atoms with E-state index in [0.29, 0.717) is 10.8 Å². The Morgan fingerprint density at radius 2 is 2.06 bits per heavy atom. The van der Waals surface area contributed by atoms with E-state index in [9.17, 15) is 0 Å². The van der Waals surface area contributed by atoms with Crippen molar-refractivity contribution in [3.05, 3.63) is 23.2 Å². The summed E-state index contributed by atoms with van der Waals surface area (Å²) < 4.78 is 11.2. The highest BCUT2D eigenvalue weighted by atomic mass is 35.5. The second-order valence-electron chi connectivity index (χ2n) is 3.84. The Labute approximate surface area is 101 Å². The van der Waals surface area contributed by atoms with Gasteiger partial charge in [0.25, 0.3) is 0 Å². The lowest BCUT2D eigenvalue weighted by atomic mass is 10.1. The Hall–Kier alpha value is -0.930. The Bertz CT molecular complexity index is 351. The fraction of sp³-hybridized carbons (Fsp3) is 0.500. The van der Waals surface area contributed by atoms with Crippen molar-refractivity contribution in [1.82, 2.24) is 5.32 Å². The molecule has 0 amide bonds. The van der Waals surface area contributed by atoms with Crippen molar-refractivity contribution in [2.75, 3.05) is 20.2 Å². The van der Waals surface area contributed by atoms with Gasteiger partial charge < -0.3 is 14.8 Å². The third kappa shape index (κ3) is 2.60. The van der Waals surface area contributed by atoms with Crippen molar-refractivity contribution < 1.29 is 9.47 Å². The van der Waals surface area contributed by atoms with E-state index in [2.05, 4.69) is 5.32 Å². The molecule has 3 nitrogen and oxygen atoms in total. The summed E-state index contributed by atoms with van der Waals surface area (Å²) in [5.74, 6) is 1.37. The zero-order valence-electron chi connectivity index (χ0n) is 9.33. The first-order chi connectivity index (χ1) is 7.81. The summed E-state index contributed by atoms with van der Waals surface area (Å²) in [6.07, 6.45) is 2.30. The normalized spacial score (nSPS) is 17.1. The number of benzene rings is 1. The molecule has 0 aliphatic carbocycles. The minimum absolute atomic E-state index is 0.258. The van der Waals surface area contributed by atoms with Crippen molar-refractivity contribution in [1.29, 1.82) is 0 Å². The Balaban J connectivity index is 2.10. The summed E-state index contributed by atoms with van der Waals surface area (Å²) >= 11 is 6.03. The largest absolute Gasteiger partial charge is 0.491 e. The van der Waals surface area contributed by atoms with Crippen LogP contribution >= 0.6 is 11.6 Å². The highest BCUT2D eigenvalue weighted by Gasteiger charge is 2.17. The average molecular weight is 242 g/mol. The van der Waals surface area contributed by atoms with E-state index < -0.39 is 0 Å². The molecule has 0 radical (unpaired) electrons. The van der Waals surface area contributed by atoms with Crippen LogP contribution in [0.3, 0.4) is 0 Å². The number of nitrogens with one attached hydrogen (secondary N) is 1. The molecule has 1 aliphatic heterocycles. The molecule has 1 heterocycles. The zero-order valence-corrected chi connectivity index (χ0v) is 10.1. The smallest absolute Gasteiger partial charge is 0.179 e. The number of halogens is 1. The van der Waals surface area contributed by atoms with Crippen molar-refractivity contribution in [2.24, 2.45) is 0 Å². The van der Waals surface area contributed by atoms with Gasteiger partial charge in [-0.1, -0.05) is 17.7 Å². The summed E-state index contributed by atoms with van der Waals surface area (Å²) in [4.78, 5) is 0. The van der Waals surface area contributed by atoms with Crippen molar-refractivity contribution in [3.63, 3.8) is 0 Å². The van der Waals surface area contributed by atoms with Crippen LogP contribution in [0.5, 0.6) is 11.5 Å². The number of para-hydroxylation sites is 1. The second-order valence-corrected chi connectivity index (χ2v) is 4.25. The first kappa shape index (κ1) is 11.6. The lowest BCUT2D eigenvalue weighted by Crippen LogP contribution is -2.34. The summed E-state index contributed by atoms with van der Waals surface area (Å²) in [6, 6.07) is 5.57. The average Bonchev–Trinajstić information content (AvgIpc) is 2.31. The molecule has 0 spiro atoms. The summed E-state index contributed by atoms with van der Waals surface area (Å²) in [5.41, 5.74) is 0. The molecule has 16 heavy (non-hydrogen) atoms. The van der Waals surface area contributed by atoms with E-state index in [-0.39, 0.29) is 6.10 Å². The SMILES string of the molecule is COc1c(Cl)cccc1OC1CCNCC1. The second kappa shape index (κ2) is 5.41. The lowest BCUT2D eigenvalue weighted by molar-refractivity contribution is 0.157. The molecular weight excluding hydrogens is 226 g/mol. The first-order valence-electron chi connectivity index (χ1n) is 5.51. The fourth-order valence-electron chi connectivity index (χ4n) is 1.87. The van der Waals surface area contributed by atoms with Crippen LogP contribution in [0.2, 0.25) is 5.02 Å². The summed E-state index contributed by atoms with van der Waals surface area (Å²) in [6.45, 7) is 2.01. The Morgan fingerprint density at radius 3 is 2.75 bits per heavy atom. The maximum atomic E-state index is 6.03. The van der Waals surface area contributed by atoms with Crippen LogP contribution < -0.4 is 14.8 Å². The predicted octanol–water partition coefficient (Wildman–Crippen LogP) is 2.48. The van der Waals surface area contributed by atoms with Crippen molar-refractivity contribution >= 4 is 11.6 Å². The number of hydrogen-bond acceptors (Lipinski definition) is 3. The lowest BCUT2D eigenvalue weighted by Gasteiger charge is -2.24. The molecule has 4 heteroatoms. The Kier molecular flexibility index (Phi) is 3.91. The monoisotopic (exact) mass is 241 g/mol. The van der Waals surface area contributed by atoms with E-state index in [1.165, 1.54) is 0 Å². The molecule has 1 fully saturated rings. The minimum Gasteiger partial charge on any atom is -0.491 e. The van der Waals surface area contributed by atoms with Crippen LogP contribution in [-0.4, -0.2) is 26.3 Å². The van der Waals surface area contributed by atoms with Gasteiger partial charge in [-0.3, -0.25) is 0 Å². The van der Waals surface area contributed by atoms with Gasteiger partial charge in [0, 0.05) is 0 Å². The zero-order chi connectivity index (χ0) is 11.4. The molecule has 1 N–H and O–H groups in total. The van der Waals surface area contributed by atoms with E-state index in [1.54, 1.807) is 13.2 Å². The van der Waals surface area contributed by atoms with Crippen LogP contribution in [0.1, 0.15) is 12.8 Å². The first-order valence-corrected chi connectivity index (χ1v) is 5.89. The number of rotatable bonds is 3. The molecule has 1 aromatic carbocycles. The highest BCUT2D eigenvalue weighted by Crippen LogP contribution is 2.35. The van der Waals surface area contributed by atoms with Gasteiger partial charge in [0.2, 0.25) is 0 Å². The molecule has 0 saturated carbocycles. The molecule has 1 aromatic rings. The van der Waals surface area contributed by atoms with Crippen LogP contribution in [0, 0.1) is 0 Å². The number of piperidine rings is 1. The van der Waals surface area contributed by atoms with Gasteiger partial charge in [-0.2, -0.15) is 0 Å². The maximum Gasteiger partial charge on any atom is 0.179 e. The highest BCUT2D eigenvalue weighted by molar-refractivity contribution is 6.32. The van der Waals surface area contributed by atoms with Gasteiger partial charge in [-0.15, -0.1) is 0 Å². The third-order valence-electron chi connectivity index (χ3n) is 2.71. The number of methoxy groups -OCH3 is 1. The minimum atomic E-state index is 0.258. The van der Waals surface area contributed by atoms with Crippen LogP contribution in [-0.2, 0) is 0 Å². The summed E-state index contributed by atoms with van der Waals surface area (Å²) in [7, 11) is 1.61. The molecule has 1 saturated heterocycles. The van der Waals surface area contributed by atoms with Crippen molar-refractivity contribution in [2.45, 2.75) is 18.9 Å². The van der Waals surface area contributed by atoms with E-state index in [0.717, 1.165) is 31.7 Å². The molecular formula is C12H16ClNO2. The van der Waals surface area contributed by atoms with Crippen LogP contribution in [0.4, 0.5) is 0 Å². The quantitative estimate of drug-likeness (QED) is 0.882. The van der Waals surface area contributed by atoms with Crippen molar-refractivity contribution in [3.8, 4) is 11.5 Å². The molecule has 0 aromatic heterocycles. The van der Waals surface area contributed by atoms with E-state index >= 15 is 0 Å². The molecule has 0 atom stereocenters. The van der Waals surface area contributed by atoms with Gasteiger partial charge in [-0.25, -0.2) is 0 Å². The van der Waals surface area contributed by atoms with Gasteiger partial charge in [0.05, 0.1) is 12.1 Å². The molecule has 0 unspecified atom stereocenters. The molecule has 2 rings (SSSR count). The van der Waals surface area contributed by atoms with Crippen LogP contribution in [0.25, 0.3) is 0 Å². The van der Waals surface area contributed by atoms with E-state index in [1.807, 2.05) is 12.1 Å². The predicted molar refractivity (Wildman–Crippen MR) is 64.5 cm³/mol. The molecule has 1 aliphatic rings. The Morgan fingerprint density at radius 1 is 1.31 bits per heavy atom. The van der Waals surface area contributed by atoms with Gasteiger partial charge in [-0.05, 0) is 38.1 Å². The molecule has 88 valence electrons. The van der Waals surface area contributed by atoms with Gasteiger partial charge in [0.1, 0.15) is 6.10 Å². The van der Waals surface area contributed by atoms with Gasteiger partial charge in [0.15, 0.2) is 11.5 Å². The van der Waals surface area contributed by atoms with E-state index in [4.69, 9.17) is 21.1 Å². The van der Waals surface area contributed by atoms with Gasteiger partial charge >= 0.3 is 0 Å². The fourth-order valence-corrected chi connectivity index (χ4v) is 2.12. The number of ether oxygens (including phenoxy) is 2. The number of hydrogen-bond donors (Lipinski definition) is 1. The topological polar surface area (TPSA) is 30.5 Å².